The summed E-state index contributed by atoms with van der Waals surface area (Å²) in [5, 5.41) is 0.803. The molecule has 28 heavy (non-hydrogen) atoms. The van der Waals surface area contributed by atoms with E-state index in [1.54, 1.807) is 0 Å². The Morgan fingerprint density at radius 3 is 1.93 bits per heavy atom. The van der Waals surface area contributed by atoms with Crippen LogP contribution >= 0.6 is 11.6 Å². The van der Waals surface area contributed by atoms with E-state index in [0.29, 0.717) is 0 Å². The number of aromatic nitrogens is 2. The molecule has 0 amide bonds. The van der Waals surface area contributed by atoms with Gasteiger partial charge in [-0.05, 0) is 25.5 Å². The molecule has 158 valence electrons. The third-order valence-corrected chi connectivity index (χ3v) is 5.74. The molecule has 0 saturated heterocycles. The predicted octanol–water partition coefficient (Wildman–Crippen LogP) is 4.02. The molecule has 0 spiro atoms. The van der Waals surface area contributed by atoms with Gasteiger partial charge in [0, 0.05) is 23.6 Å². The Balaban J connectivity index is 0.00000392. The standard InChI is InChI=1S/C24H38ClN2.BrH/c1-4-5-6-7-8-9-10-11-12-13-18-26-21(2)19-22(3)27(26)20-23-14-16-24(25)17-15-23;/h14-17,19H,4-13,18,20H2,1-3H3;1H/q+1;/p-1. The molecule has 1 heterocycles. The summed E-state index contributed by atoms with van der Waals surface area (Å²) in [7, 11) is 0. The van der Waals surface area contributed by atoms with Crippen molar-refractivity contribution in [2.75, 3.05) is 0 Å². The van der Waals surface area contributed by atoms with E-state index < -0.39 is 0 Å². The summed E-state index contributed by atoms with van der Waals surface area (Å²) in [6.07, 6.45) is 13.8. The quantitative estimate of drug-likeness (QED) is 0.309. The first-order valence-corrected chi connectivity index (χ1v) is 11.3. The Kier molecular flexibility index (Phi) is 12.8. The van der Waals surface area contributed by atoms with Gasteiger partial charge in [0.15, 0.2) is 6.54 Å². The lowest BCUT2D eigenvalue weighted by atomic mass is 10.1. The van der Waals surface area contributed by atoms with E-state index in [9.17, 15) is 0 Å². The Hall–Kier alpha value is -0.800. The number of benzene rings is 1. The number of rotatable bonds is 13. The number of nitrogens with zero attached hydrogens (tertiary/aromatic N) is 2. The average Bonchev–Trinajstić information content (AvgIpc) is 2.92. The van der Waals surface area contributed by atoms with Crippen LogP contribution in [-0.4, -0.2) is 4.68 Å². The molecule has 1 aromatic carbocycles. The summed E-state index contributed by atoms with van der Waals surface area (Å²) in [5.41, 5.74) is 3.99. The fourth-order valence-electron chi connectivity index (χ4n) is 3.85. The van der Waals surface area contributed by atoms with Gasteiger partial charge in [-0.25, -0.2) is 0 Å². The van der Waals surface area contributed by atoms with Crippen LogP contribution in [0.25, 0.3) is 0 Å². The maximum absolute atomic E-state index is 6.02. The number of unbranched alkanes of at least 4 members (excludes halogenated alkanes) is 9. The molecule has 0 aliphatic heterocycles. The molecule has 2 aromatic rings. The van der Waals surface area contributed by atoms with Crippen molar-refractivity contribution in [2.24, 2.45) is 0 Å². The lowest BCUT2D eigenvalue weighted by Gasteiger charge is -2.07. The van der Waals surface area contributed by atoms with Crippen LogP contribution in [0.15, 0.2) is 30.3 Å². The maximum Gasteiger partial charge on any atom is 0.205 e. The summed E-state index contributed by atoms with van der Waals surface area (Å²) in [6.45, 7) is 8.74. The molecular weight excluding hydrogens is 432 g/mol. The Labute approximate surface area is 188 Å². The fourth-order valence-corrected chi connectivity index (χ4v) is 3.98. The van der Waals surface area contributed by atoms with Gasteiger partial charge in [0.1, 0.15) is 0 Å². The van der Waals surface area contributed by atoms with E-state index in [-0.39, 0.29) is 17.0 Å². The molecule has 0 saturated carbocycles. The molecule has 0 aliphatic carbocycles. The van der Waals surface area contributed by atoms with E-state index >= 15 is 0 Å². The van der Waals surface area contributed by atoms with E-state index in [1.807, 2.05) is 12.1 Å². The van der Waals surface area contributed by atoms with E-state index in [2.05, 4.69) is 48.3 Å². The van der Waals surface area contributed by atoms with Crippen LogP contribution in [0.5, 0.6) is 0 Å². The van der Waals surface area contributed by atoms with Crippen molar-refractivity contribution in [1.29, 1.82) is 0 Å². The van der Waals surface area contributed by atoms with Crippen LogP contribution in [0.2, 0.25) is 5.02 Å². The number of hydrogen-bond donors (Lipinski definition) is 0. The second kappa shape index (κ2) is 14.2. The van der Waals surface area contributed by atoms with Gasteiger partial charge in [0.2, 0.25) is 5.69 Å². The molecule has 2 nitrogen and oxygen atoms in total. The Morgan fingerprint density at radius 1 is 0.821 bits per heavy atom. The van der Waals surface area contributed by atoms with Crippen molar-refractivity contribution >= 4 is 11.6 Å². The maximum atomic E-state index is 6.02. The fraction of sp³-hybridized carbons (Fsp3) is 0.625. The van der Waals surface area contributed by atoms with Gasteiger partial charge in [-0.3, -0.25) is 0 Å². The van der Waals surface area contributed by atoms with Crippen molar-refractivity contribution in [3.8, 4) is 0 Å². The topological polar surface area (TPSA) is 8.81 Å². The normalized spacial score (nSPS) is 10.9. The predicted molar refractivity (Wildman–Crippen MR) is 116 cm³/mol. The molecule has 0 radical (unpaired) electrons. The van der Waals surface area contributed by atoms with Crippen molar-refractivity contribution in [3.63, 3.8) is 0 Å². The van der Waals surface area contributed by atoms with Gasteiger partial charge >= 0.3 is 0 Å². The SMILES string of the molecule is CCCCCCCCCCCCn1c(C)cc(C)[n+]1Cc1ccc(Cl)cc1.[Br-]. The Morgan fingerprint density at radius 2 is 1.36 bits per heavy atom. The molecule has 0 bridgehead atoms. The first kappa shape index (κ1) is 25.2. The van der Waals surface area contributed by atoms with Gasteiger partial charge in [-0.15, -0.1) is 4.68 Å². The molecule has 0 unspecified atom stereocenters. The summed E-state index contributed by atoms with van der Waals surface area (Å²) in [5.74, 6) is 0. The van der Waals surface area contributed by atoms with Gasteiger partial charge < -0.3 is 17.0 Å². The highest BCUT2D eigenvalue weighted by Crippen LogP contribution is 2.13. The number of aryl methyl sites for hydroxylation is 2. The van der Waals surface area contributed by atoms with Crippen LogP contribution in [0, 0.1) is 13.8 Å². The third kappa shape index (κ3) is 8.69. The Bertz CT molecular complexity index is 664. The van der Waals surface area contributed by atoms with Crippen LogP contribution in [0.3, 0.4) is 0 Å². The van der Waals surface area contributed by atoms with Crippen LogP contribution in [0.1, 0.15) is 88.1 Å². The van der Waals surface area contributed by atoms with Gasteiger partial charge in [-0.1, -0.05) is 88.4 Å². The molecule has 0 N–H and O–H groups in total. The van der Waals surface area contributed by atoms with Crippen LogP contribution < -0.4 is 21.7 Å². The molecule has 4 heteroatoms. The van der Waals surface area contributed by atoms with Crippen molar-refractivity contribution in [2.45, 2.75) is 98.1 Å². The van der Waals surface area contributed by atoms with Crippen LogP contribution in [-0.2, 0) is 13.1 Å². The molecule has 2 rings (SSSR count). The zero-order chi connectivity index (χ0) is 19.5. The highest BCUT2D eigenvalue weighted by atomic mass is 79.9. The zero-order valence-electron chi connectivity index (χ0n) is 18.0. The highest BCUT2D eigenvalue weighted by Gasteiger charge is 2.17. The van der Waals surface area contributed by atoms with Crippen LogP contribution in [0.4, 0.5) is 0 Å². The largest absolute Gasteiger partial charge is 1.00 e. The van der Waals surface area contributed by atoms with Gasteiger partial charge in [0.25, 0.3) is 0 Å². The van der Waals surface area contributed by atoms with Gasteiger partial charge in [0.05, 0.1) is 12.2 Å². The second-order valence-electron chi connectivity index (χ2n) is 7.92. The van der Waals surface area contributed by atoms with E-state index in [0.717, 1.165) is 18.1 Å². The minimum Gasteiger partial charge on any atom is -1.00 e. The molecule has 0 fully saturated rings. The number of halogens is 2. The zero-order valence-corrected chi connectivity index (χ0v) is 20.4. The highest BCUT2D eigenvalue weighted by molar-refractivity contribution is 6.30. The monoisotopic (exact) mass is 468 g/mol. The van der Waals surface area contributed by atoms with Gasteiger partial charge in [-0.2, -0.15) is 4.68 Å². The summed E-state index contributed by atoms with van der Waals surface area (Å²) >= 11 is 6.02. The third-order valence-electron chi connectivity index (χ3n) is 5.49. The minimum absolute atomic E-state index is 0. The smallest absolute Gasteiger partial charge is 0.205 e. The van der Waals surface area contributed by atoms with E-state index in [1.165, 1.54) is 81.2 Å². The van der Waals surface area contributed by atoms with E-state index in [4.69, 9.17) is 11.6 Å². The average molecular weight is 470 g/mol. The van der Waals surface area contributed by atoms with Crippen molar-refractivity contribution < 1.29 is 21.7 Å². The lowest BCUT2D eigenvalue weighted by molar-refractivity contribution is -0.773. The first-order valence-electron chi connectivity index (χ1n) is 10.9. The van der Waals surface area contributed by atoms with Crippen molar-refractivity contribution in [3.05, 3.63) is 52.3 Å². The summed E-state index contributed by atoms with van der Waals surface area (Å²) in [6, 6.07) is 10.5. The van der Waals surface area contributed by atoms with Crippen molar-refractivity contribution in [1.82, 2.24) is 4.68 Å². The molecule has 0 atom stereocenters. The second-order valence-corrected chi connectivity index (χ2v) is 8.35. The molecular formula is C24H38BrClN2. The summed E-state index contributed by atoms with van der Waals surface area (Å²) in [4.78, 5) is 0. The molecule has 0 aliphatic rings. The lowest BCUT2D eigenvalue weighted by Crippen LogP contribution is -3.00. The molecule has 1 aromatic heterocycles. The number of hydrogen-bond acceptors (Lipinski definition) is 0. The first-order chi connectivity index (χ1) is 13.1. The minimum atomic E-state index is 0. The summed E-state index contributed by atoms with van der Waals surface area (Å²) < 4.78 is 4.86.